The first-order valence-electron chi connectivity index (χ1n) is 5.60. The molecular weight excluding hydrogens is 226 g/mol. The summed E-state index contributed by atoms with van der Waals surface area (Å²) in [4.78, 5) is 12.1. The van der Waals surface area contributed by atoms with Crippen molar-refractivity contribution in [1.29, 1.82) is 0 Å². The molecule has 0 heterocycles. The van der Waals surface area contributed by atoms with Crippen LogP contribution in [0.4, 0.5) is 17.1 Å². The fraction of sp³-hybridized carbons (Fsp3) is 0.0714. The van der Waals surface area contributed by atoms with Crippen molar-refractivity contribution in [3.63, 3.8) is 0 Å². The van der Waals surface area contributed by atoms with Crippen LogP contribution in [0.1, 0.15) is 15.9 Å². The predicted octanol–water partition coefficient (Wildman–Crippen LogP) is 2.41. The third kappa shape index (κ3) is 2.43. The van der Waals surface area contributed by atoms with Crippen LogP contribution >= 0.6 is 0 Å². The number of hydrogen-bond acceptors (Lipinski definition) is 3. The average molecular weight is 241 g/mol. The third-order valence-corrected chi connectivity index (χ3v) is 2.72. The van der Waals surface area contributed by atoms with E-state index in [9.17, 15) is 4.79 Å². The first-order chi connectivity index (χ1) is 8.58. The number of nitrogens with two attached hydrogens (primary N) is 2. The summed E-state index contributed by atoms with van der Waals surface area (Å²) in [6, 6.07) is 12.4. The number of rotatable bonds is 2. The van der Waals surface area contributed by atoms with E-state index in [-0.39, 0.29) is 5.91 Å². The zero-order valence-corrected chi connectivity index (χ0v) is 10.1. The van der Waals surface area contributed by atoms with E-state index in [1.54, 1.807) is 18.2 Å². The van der Waals surface area contributed by atoms with E-state index in [0.29, 0.717) is 16.9 Å². The van der Waals surface area contributed by atoms with Gasteiger partial charge in [-0.15, -0.1) is 0 Å². The van der Waals surface area contributed by atoms with Gasteiger partial charge in [0.1, 0.15) is 0 Å². The number of carbonyl (C=O) groups is 1. The highest BCUT2D eigenvalue weighted by atomic mass is 16.1. The summed E-state index contributed by atoms with van der Waals surface area (Å²) >= 11 is 0. The van der Waals surface area contributed by atoms with Crippen LogP contribution in [0.3, 0.4) is 0 Å². The molecule has 4 heteroatoms. The molecule has 0 saturated heterocycles. The molecule has 0 spiro atoms. The van der Waals surface area contributed by atoms with Crippen LogP contribution in [-0.4, -0.2) is 5.91 Å². The molecule has 0 radical (unpaired) electrons. The lowest BCUT2D eigenvalue weighted by Gasteiger charge is -2.10. The van der Waals surface area contributed by atoms with E-state index in [2.05, 4.69) is 5.32 Å². The Morgan fingerprint density at radius 3 is 2.56 bits per heavy atom. The number of amides is 1. The summed E-state index contributed by atoms with van der Waals surface area (Å²) in [6.07, 6.45) is 0. The van der Waals surface area contributed by atoms with Crippen molar-refractivity contribution in [2.75, 3.05) is 16.8 Å². The second-order valence-electron chi connectivity index (χ2n) is 4.12. The van der Waals surface area contributed by atoms with E-state index in [1.165, 1.54) is 0 Å². The van der Waals surface area contributed by atoms with Crippen LogP contribution in [0.2, 0.25) is 0 Å². The molecule has 1 amide bonds. The SMILES string of the molecule is Cc1ccccc1NC(=O)c1cc(N)ccc1N. The van der Waals surface area contributed by atoms with E-state index in [0.717, 1.165) is 11.3 Å². The van der Waals surface area contributed by atoms with Crippen LogP contribution in [0.25, 0.3) is 0 Å². The Labute approximate surface area is 106 Å². The smallest absolute Gasteiger partial charge is 0.257 e. The Morgan fingerprint density at radius 1 is 1.11 bits per heavy atom. The normalized spacial score (nSPS) is 10.1. The molecule has 0 saturated carbocycles. The topological polar surface area (TPSA) is 81.1 Å². The zero-order chi connectivity index (χ0) is 13.1. The molecule has 5 N–H and O–H groups in total. The maximum absolute atomic E-state index is 12.1. The minimum Gasteiger partial charge on any atom is -0.399 e. The van der Waals surface area contributed by atoms with Crippen molar-refractivity contribution in [2.24, 2.45) is 0 Å². The molecule has 18 heavy (non-hydrogen) atoms. The van der Waals surface area contributed by atoms with Gasteiger partial charge < -0.3 is 16.8 Å². The number of anilines is 3. The minimum absolute atomic E-state index is 0.255. The second kappa shape index (κ2) is 4.79. The molecule has 92 valence electrons. The van der Waals surface area contributed by atoms with Crippen molar-refractivity contribution in [2.45, 2.75) is 6.92 Å². The highest BCUT2D eigenvalue weighted by Crippen LogP contribution is 2.19. The molecule has 0 unspecified atom stereocenters. The quantitative estimate of drug-likeness (QED) is 0.706. The van der Waals surface area contributed by atoms with Crippen LogP contribution < -0.4 is 16.8 Å². The fourth-order valence-corrected chi connectivity index (χ4v) is 1.67. The molecule has 2 aromatic rings. The number of hydrogen-bond donors (Lipinski definition) is 3. The second-order valence-corrected chi connectivity index (χ2v) is 4.12. The van der Waals surface area contributed by atoms with Gasteiger partial charge >= 0.3 is 0 Å². The molecule has 0 aromatic heterocycles. The molecule has 4 nitrogen and oxygen atoms in total. The van der Waals surface area contributed by atoms with Crippen LogP contribution in [-0.2, 0) is 0 Å². The highest BCUT2D eigenvalue weighted by molar-refractivity contribution is 6.08. The van der Waals surface area contributed by atoms with Gasteiger partial charge in [-0.25, -0.2) is 0 Å². The lowest BCUT2D eigenvalue weighted by Crippen LogP contribution is -2.15. The van der Waals surface area contributed by atoms with Gasteiger partial charge in [0.15, 0.2) is 0 Å². The minimum atomic E-state index is -0.255. The van der Waals surface area contributed by atoms with Crippen LogP contribution in [0.5, 0.6) is 0 Å². The Morgan fingerprint density at radius 2 is 1.83 bits per heavy atom. The lowest BCUT2D eigenvalue weighted by molar-refractivity contribution is 0.102. The maximum atomic E-state index is 12.1. The molecule has 0 aliphatic heterocycles. The zero-order valence-electron chi connectivity index (χ0n) is 10.1. The molecular formula is C14H15N3O. The summed E-state index contributed by atoms with van der Waals surface area (Å²) < 4.78 is 0. The monoisotopic (exact) mass is 241 g/mol. The van der Waals surface area contributed by atoms with Crippen molar-refractivity contribution in [3.8, 4) is 0 Å². The van der Waals surface area contributed by atoms with Gasteiger partial charge in [-0.2, -0.15) is 0 Å². The first kappa shape index (κ1) is 12.0. The van der Waals surface area contributed by atoms with Gasteiger partial charge in [-0.1, -0.05) is 18.2 Å². The Kier molecular flexibility index (Phi) is 3.19. The molecule has 0 fully saturated rings. The Bertz CT molecular complexity index is 593. The number of aryl methyl sites for hydroxylation is 1. The van der Waals surface area contributed by atoms with Crippen LogP contribution in [0, 0.1) is 6.92 Å². The highest BCUT2D eigenvalue weighted by Gasteiger charge is 2.11. The number of nitrogen functional groups attached to an aromatic ring is 2. The maximum Gasteiger partial charge on any atom is 0.257 e. The summed E-state index contributed by atoms with van der Waals surface area (Å²) in [5.41, 5.74) is 14.5. The summed E-state index contributed by atoms with van der Waals surface area (Å²) in [5, 5.41) is 2.82. The van der Waals surface area contributed by atoms with Gasteiger partial charge in [0.25, 0.3) is 5.91 Å². The largest absolute Gasteiger partial charge is 0.399 e. The van der Waals surface area contributed by atoms with Gasteiger partial charge in [0, 0.05) is 17.1 Å². The summed E-state index contributed by atoms with van der Waals surface area (Å²) in [6.45, 7) is 1.93. The van der Waals surface area contributed by atoms with Crippen molar-refractivity contribution in [3.05, 3.63) is 53.6 Å². The Balaban J connectivity index is 2.28. The first-order valence-corrected chi connectivity index (χ1v) is 5.60. The average Bonchev–Trinajstić information content (AvgIpc) is 2.35. The number of nitrogens with one attached hydrogen (secondary N) is 1. The van der Waals surface area contributed by atoms with E-state index >= 15 is 0 Å². The van der Waals surface area contributed by atoms with Crippen molar-refractivity contribution < 1.29 is 4.79 Å². The number of para-hydroxylation sites is 1. The van der Waals surface area contributed by atoms with Gasteiger partial charge in [-0.3, -0.25) is 4.79 Å². The van der Waals surface area contributed by atoms with E-state index < -0.39 is 0 Å². The summed E-state index contributed by atoms with van der Waals surface area (Å²) in [5.74, 6) is -0.255. The Hall–Kier alpha value is -2.49. The molecule has 0 aliphatic carbocycles. The third-order valence-electron chi connectivity index (χ3n) is 2.72. The lowest BCUT2D eigenvalue weighted by atomic mass is 10.1. The molecule has 2 aromatic carbocycles. The number of carbonyl (C=O) groups excluding carboxylic acids is 1. The summed E-state index contributed by atoms with van der Waals surface area (Å²) in [7, 11) is 0. The fourth-order valence-electron chi connectivity index (χ4n) is 1.67. The van der Waals surface area contributed by atoms with Gasteiger partial charge in [0.2, 0.25) is 0 Å². The van der Waals surface area contributed by atoms with E-state index in [1.807, 2.05) is 31.2 Å². The predicted molar refractivity (Wildman–Crippen MR) is 74.4 cm³/mol. The standard InChI is InChI=1S/C14H15N3O/c1-9-4-2-3-5-13(9)17-14(18)11-8-10(15)6-7-12(11)16/h2-8H,15-16H2,1H3,(H,17,18). The van der Waals surface area contributed by atoms with E-state index in [4.69, 9.17) is 11.5 Å². The van der Waals surface area contributed by atoms with Crippen molar-refractivity contribution in [1.82, 2.24) is 0 Å². The van der Waals surface area contributed by atoms with Crippen molar-refractivity contribution >= 4 is 23.0 Å². The molecule has 0 aliphatic rings. The van der Waals surface area contributed by atoms with Gasteiger partial charge in [-0.05, 0) is 36.8 Å². The number of benzene rings is 2. The van der Waals surface area contributed by atoms with Crippen LogP contribution in [0.15, 0.2) is 42.5 Å². The van der Waals surface area contributed by atoms with Gasteiger partial charge in [0.05, 0.1) is 5.56 Å². The molecule has 0 atom stereocenters. The molecule has 0 bridgehead atoms. The molecule has 2 rings (SSSR count).